The zero-order chi connectivity index (χ0) is 15.3. The van der Waals surface area contributed by atoms with E-state index in [4.69, 9.17) is 0 Å². The zero-order valence-electron chi connectivity index (χ0n) is 11.0. The van der Waals surface area contributed by atoms with Crippen LogP contribution in [-0.2, 0) is 21.5 Å². The minimum atomic E-state index is -1.67. The summed E-state index contributed by atoms with van der Waals surface area (Å²) in [5.74, 6) is -3.32. The standard InChI is InChI=1S/C13H15NO6/c1-12(10(17)18)5-6-3-8(15)9(16)4-7(6)13(2,14-12)11(19)20/h3-4,14-16H,5H2,1-2H3,(H,17,18)(H,19,20). The van der Waals surface area contributed by atoms with Gasteiger partial charge in [-0.05, 0) is 37.1 Å². The number of phenolic OH excluding ortho intramolecular Hbond substituents is 2. The average molecular weight is 281 g/mol. The summed E-state index contributed by atoms with van der Waals surface area (Å²) in [6, 6.07) is 2.35. The van der Waals surface area contributed by atoms with Gasteiger partial charge in [-0.1, -0.05) is 0 Å². The van der Waals surface area contributed by atoms with Gasteiger partial charge in [-0.3, -0.25) is 10.1 Å². The summed E-state index contributed by atoms with van der Waals surface area (Å²) in [6.07, 6.45) is -0.00558. The second kappa shape index (κ2) is 4.11. The fourth-order valence-corrected chi connectivity index (χ4v) is 2.57. The molecule has 1 heterocycles. The number of hydrogen-bond acceptors (Lipinski definition) is 5. The summed E-state index contributed by atoms with van der Waals surface area (Å²) in [5.41, 5.74) is -2.55. The number of carboxylic acids is 2. The molecule has 2 rings (SSSR count). The molecular weight excluding hydrogens is 266 g/mol. The summed E-state index contributed by atoms with van der Waals surface area (Å²) >= 11 is 0. The van der Waals surface area contributed by atoms with E-state index in [-0.39, 0.29) is 12.0 Å². The second-order valence-electron chi connectivity index (χ2n) is 5.37. The van der Waals surface area contributed by atoms with Gasteiger partial charge < -0.3 is 20.4 Å². The molecule has 108 valence electrons. The molecule has 1 aliphatic heterocycles. The summed E-state index contributed by atoms with van der Waals surface area (Å²) in [6.45, 7) is 2.70. The number of aromatic hydroxyl groups is 2. The third kappa shape index (κ3) is 1.87. The van der Waals surface area contributed by atoms with E-state index >= 15 is 0 Å². The molecule has 0 saturated carbocycles. The number of hydrogen-bond donors (Lipinski definition) is 5. The van der Waals surface area contributed by atoms with E-state index in [0.29, 0.717) is 5.56 Å². The van der Waals surface area contributed by atoms with E-state index in [2.05, 4.69) is 5.32 Å². The molecule has 2 atom stereocenters. The molecule has 0 aromatic heterocycles. The van der Waals surface area contributed by atoms with Crippen LogP contribution in [0.25, 0.3) is 0 Å². The highest BCUT2D eigenvalue weighted by atomic mass is 16.4. The molecule has 0 radical (unpaired) electrons. The van der Waals surface area contributed by atoms with Gasteiger partial charge in [0.15, 0.2) is 11.5 Å². The third-order valence-corrected chi connectivity index (χ3v) is 3.71. The molecule has 0 saturated heterocycles. The highest BCUT2D eigenvalue weighted by Gasteiger charge is 2.50. The van der Waals surface area contributed by atoms with Gasteiger partial charge in [-0.15, -0.1) is 0 Å². The topological polar surface area (TPSA) is 127 Å². The number of fused-ring (bicyclic) bond motifs is 1. The molecule has 2 unspecified atom stereocenters. The van der Waals surface area contributed by atoms with E-state index in [0.717, 1.165) is 6.07 Å². The molecular formula is C13H15NO6. The van der Waals surface area contributed by atoms with Crippen molar-refractivity contribution >= 4 is 11.9 Å². The van der Waals surface area contributed by atoms with Crippen LogP contribution in [0.4, 0.5) is 0 Å². The van der Waals surface area contributed by atoms with E-state index in [1.807, 2.05) is 0 Å². The summed E-state index contributed by atoms with van der Waals surface area (Å²) < 4.78 is 0. The summed E-state index contributed by atoms with van der Waals surface area (Å²) in [5, 5.41) is 40.4. The smallest absolute Gasteiger partial charge is 0.328 e. The lowest BCUT2D eigenvalue weighted by atomic mass is 9.75. The Morgan fingerprint density at radius 2 is 1.65 bits per heavy atom. The van der Waals surface area contributed by atoms with E-state index in [9.17, 15) is 30.0 Å². The van der Waals surface area contributed by atoms with Crippen LogP contribution in [0.2, 0.25) is 0 Å². The van der Waals surface area contributed by atoms with Crippen molar-refractivity contribution in [3.05, 3.63) is 23.3 Å². The number of carboxylic acid groups (broad SMARTS) is 2. The third-order valence-electron chi connectivity index (χ3n) is 3.71. The molecule has 7 nitrogen and oxygen atoms in total. The Balaban J connectivity index is 2.71. The van der Waals surface area contributed by atoms with Crippen LogP contribution in [0.1, 0.15) is 25.0 Å². The predicted molar refractivity (Wildman–Crippen MR) is 67.6 cm³/mol. The van der Waals surface area contributed by atoms with Crippen LogP contribution in [0.15, 0.2) is 12.1 Å². The normalized spacial score (nSPS) is 28.7. The van der Waals surface area contributed by atoms with Crippen molar-refractivity contribution in [2.45, 2.75) is 31.3 Å². The minimum Gasteiger partial charge on any atom is -0.504 e. The number of aliphatic carboxylic acids is 2. The van der Waals surface area contributed by atoms with Crippen LogP contribution in [0, 0.1) is 0 Å². The van der Waals surface area contributed by atoms with Gasteiger partial charge in [0, 0.05) is 6.42 Å². The SMILES string of the molecule is CC1(C(=O)O)Cc2cc(O)c(O)cc2C(C)(C(=O)O)N1. The van der Waals surface area contributed by atoms with Gasteiger partial charge in [-0.2, -0.15) is 0 Å². The highest BCUT2D eigenvalue weighted by molar-refractivity contribution is 5.86. The lowest BCUT2D eigenvalue weighted by Gasteiger charge is -2.42. The largest absolute Gasteiger partial charge is 0.504 e. The first kappa shape index (κ1) is 14.1. The van der Waals surface area contributed by atoms with Crippen LogP contribution in [0.5, 0.6) is 11.5 Å². The number of nitrogens with one attached hydrogen (secondary N) is 1. The Bertz CT molecular complexity index is 613. The molecule has 20 heavy (non-hydrogen) atoms. The van der Waals surface area contributed by atoms with Crippen molar-refractivity contribution < 1.29 is 30.0 Å². The van der Waals surface area contributed by atoms with Crippen molar-refractivity contribution in [3.63, 3.8) is 0 Å². The van der Waals surface area contributed by atoms with Crippen LogP contribution >= 0.6 is 0 Å². The molecule has 1 aromatic carbocycles. The summed E-state index contributed by atoms with van der Waals surface area (Å²) in [4.78, 5) is 22.9. The molecule has 0 amide bonds. The Kier molecular flexibility index (Phi) is 2.90. The van der Waals surface area contributed by atoms with Gasteiger partial charge in [0.05, 0.1) is 0 Å². The Labute approximate surface area is 114 Å². The zero-order valence-corrected chi connectivity index (χ0v) is 11.0. The molecule has 0 bridgehead atoms. The van der Waals surface area contributed by atoms with Crippen LogP contribution < -0.4 is 5.32 Å². The molecule has 0 aliphatic carbocycles. The average Bonchev–Trinajstić information content (AvgIpc) is 2.31. The van der Waals surface area contributed by atoms with Gasteiger partial charge >= 0.3 is 11.9 Å². The monoisotopic (exact) mass is 281 g/mol. The first-order chi connectivity index (χ1) is 9.10. The lowest BCUT2D eigenvalue weighted by molar-refractivity contribution is -0.151. The Morgan fingerprint density at radius 1 is 1.10 bits per heavy atom. The van der Waals surface area contributed by atoms with Crippen molar-refractivity contribution in [1.82, 2.24) is 5.32 Å². The number of benzene rings is 1. The molecule has 0 spiro atoms. The first-order valence-corrected chi connectivity index (χ1v) is 5.91. The first-order valence-electron chi connectivity index (χ1n) is 5.91. The van der Waals surface area contributed by atoms with E-state index in [1.54, 1.807) is 0 Å². The van der Waals surface area contributed by atoms with Crippen LogP contribution in [0.3, 0.4) is 0 Å². The van der Waals surface area contributed by atoms with Crippen LogP contribution in [-0.4, -0.2) is 37.9 Å². The second-order valence-corrected chi connectivity index (χ2v) is 5.37. The van der Waals surface area contributed by atoms with Crippen molar-refractivity contribution in [2.24, 2.45) is 0 Å². The van der Waals surface area contributed by atoms with Crippen molar-refractivity contribution in [2.75, 3.05) is 0 Å². The molecule has 1 aromatic rings. The number of phenols is 2. The van der Waals surface area contributed by atoms with Gasteiger partial charge in [0.2, 0.25) is 0 Å². The quantitative estimate of drug-likeness (QED) is 0.496. The maximum Gasteiger partial charge on any atom is 0.328 e. The maximum atomic E-state index is 11.5. The maximum absolute atomic E-state index is 11.5. The summed E-state index contributed by atoms with van der Waals surface area (Å²) in [7, 11) is 0. The van der Waals surface area contributed by atoms with E-state index in [1.165, 1.54) is 19.9 Å². The van der Waals surface area contributed by atoms with Gasteiger partial charge in [-0.25, -0.2) is 4.79 Å². The molecule has 1 aliphatic rings. The Hall–Kier alpha value is -2.28. The van der Waals surface area contributed by atoms with Crippen molar-refractivity contribution in [3.8, 4) is 11.5 Å². The number of rotatable bonds is 2. The number of carbonyl (C=O) groups is 2. The fourth-order valence-electron chi connectivity index (χ4n) is 2.57. The molecule has 5 N–H and O–H groups in total. The predicted octanol–water partition coefficient (Wildman–Crippen LogP) is 0.387. The van der Waals surface area contributed by atoms with Crippen molar-refractivity contribution in [1.29, 1.82) is 0 Å². The highest BCUT2D eigenvalue weighted by Crippen LogP contribution is 2.40. The molecule has 0 fully saturated rings. The fraction of sp³-hybridized carbons (Fsp3) is 0.385. The van der Waals surface area contributed by atoms with Gasteiger partial charge in [0.1, 0.15) is 11.1 Å². The molecule has 7 heteroatoms. The van der Waals surface area contributed by atoms with Gasteiger partial charge in [0.25, 0.3) is 0 Å². The lowest BCUT2D eigenvalue weighted by Crippen LogP contribution is -2.64. The minimum absolute atomic E-state index is 0.00558. The van der Waals surface area contributed by atoms with E-state index < -0.39 is 34.5 Å². The Morgan fingerprint density at radius 3 is 2.15 bits per heavy atom.